The fraction of sp³-hybridized carbons (Fsp3) is 0. The summed E-state index contributed by atoms with van der Waals surface area (Å²) in [7, 11) is 0. The SMILES string of the molecule is N#Cc1cccc(-c2cc(-c3ccc(-n4c5ccccc5c5ccc6c(c7ccccc7n6-c6ccccc6)c54)cc3)nc(-c3ccccc3)n2)c1. The van der Waals surface area contributed by atoms with Gasteiger partial charge in [-0.1, -0.05) is 115 Å². The van der Waals surface area contributed by atoms with Gasteiger partial charge in [-0.25, -0.2) is 9.97 Å². The molecule has 0 atom stereocenters. The molecule has 10 aromatic rings. The molecule has 0 N–H and O–H groups in total. The maximum atomic E-state index is 9.59. The van der Waals surface area contributed by atoms with Crippen molar-refractivity contribution in [3.8, 4) is 51.3 Å². The second kappa shape index (κ2) is 11.9. The Balaban J connectivity index is 1.19. The van der Waals surface area contributed by atoms with Crippen molar-refractivity contribution < 1.29 is 0 Å². The Labute approximate surface area is 299 Å². The Bertz CT molecular complexity index is 3000. The highest BCUT2D eigenvalue weighted by Gasteiger charge is 2.21. The van der Waals surface area contributed by atoms with Gasteiger partial charge in [-0.2, -0.15) is 5.26 Å². The van der Waals surface area contributed by atoms with Crippen LogP contribution in [0.1, 0.15) is 5.56 Å². The molecule has 3 aromatic heterocycles. The number of aromatic nitrogens is 4. The van der Waals surface area contributed by atoms with Crippen LogP contribution < -0.4 is 0 Å². The molecule has 5 nitrogen and oxygen atoms in total. The Morgan fingerprint density at radius 1 is 0.423 bits per heavy atom. The molecule has 52 heavy (non-hydrogen) atoms. The van der Waals surface area contributed by atoms with Crippen LogP contribution >= 0.6 is 0 Å². The van der Waals surface area contributed by atoms with Crippen LogP contribution in [0.3, 0.4) is 0 Å². The topological polar surface area (TPSA) is 59.4 Å². The molecular weight excluding hydrogens is 635 g/mol. The molecule has 3 heterocycles. The van der Waals surface area contributed by atoms with Crippen molar-refractivity contribution in [3.63, 3.8) is 0 Å². The summed E-state index contributed by atoms with van der Waals surface area (Å²) in [4.78, 5) is 10.0. The van der Waals surface area contributed by atoms with E-state index in [0.717, 1.165) is 45.0 Å². The van der Waals surface area contributed by atoms with E-state index in [1.165, 1.54) is 38.1 Å². The van der Waals surface area contributed by atoms with Crippen LogP contribution in [0.2, 0.25) is 0 Å². The van der Waals surface area contributed by atoms with Gasteiger partial charge >= 0.3 is 0 Å². The largest absolute Gasteiger partial charge is 0.309 e. The normalized spacial score (nSPS) is 11.4. The molecular formula is C47H29N5. The first-order chi connectivity index (χ1) is 25.7. The summed E-state index contributed by atoms with van der Waals surface area (Å²) >= 11 is 0. The number of benzene rings is 7. The lowest BCUT2D eigenvalue weighted by molar-refractivity contribution is 1.17. The van der Waals surface area contributed by atoms with Gasteiger partial charge in [0.15, 0.2) is 5.82 Å². The quantitative estimate of drug-likeness (QED) is 0.184. The third-order valence-electron chi connectivity index (χ3n) is 9.95. The van der Waals surface area contributed by atoms with Crippen molar-refractivity contribution >= 4 is 43.6 Å². The van der Waals surface area contributed by atoms with Gasteiger partial charge in [0.1, 0.15) is 0 Å². The molecule has 7 aromatic carbocycles. The number of hydrogen-bond donors (Lipinski definition) is 0. The minimum Gasteiger partial charge on any atom is -0.309 e. The summed E-state index contributed by atoms with van der Waals surface area (Å²) in [5.41, 5.74) is 11.9. The molecule has 0 aliphatic heterocycles. The number of nitriles is 1. The molecule has 0 saturated heterocycles. The highest BCUT2D eigenvalue weighted by molar-refractivity contribution is 6.26. The first-order valence-corrected chi connectivity index (χ1v) is 17.3. The van der Waals surface area contributed by atoms with Gasteiger partial charge in [0.05, 0.1) is 45.1 Å². The van der Waals surface area contributed by atoms with Gasteiger partial charge < -0.3 is 9.13 Å². The lowest BCUT2D eigenvalue weighted by atomic mass is 10.0. The Hall–Kier alpha value is -7.29. The zero-order valence-electron chi connectivity index (χ0n) is 28.0. The molecule has 0 fully saturated rings. The molecule has 0 aliphatic rings. The molecule has 5 heteroatoms. The van der Waals surface area contributed by atoms with Crippen molar-refractivity contribution in [1.29, 1.82) is 5.26 Å². The van der Waals surface area contributed by atoms with Gasteiger partial charge in [-0.3, -0.25) is 0 Å². The van der Waals surface area contributed by atoms with Gasteiger partial charge in [0.2, 0.25) is 0 Å². The summed E-state index contributed by atoms with van der Waals surface area (Å²) in [6.07, 6.45) is 0. The van der Waals surface area contributed by atoms with Gasteiger partial charge in [0.25, 0.3) is 0 Å². The maximum absolute atomic E-state index is 9.59. The van der Waals surface area contributed by atoms with E-state index in [-0.39, 0.29) is 0 Å². The maximum Gasteiger partial charge on any atom is 0.160 e. The standard InChI is InChI=1S/C47H29N5/c48-30-31-12-11-15-34(28-31)41-29-40(49-47(50-41)33-13-3-1-4-14-33)32-22-24-36(25-23-32)52-42-20-9-7-18-37(42)38-26-27-44-45(46(38)52)39-19-8-10-21-43(39)51(44)35-16-5-2-6-17-35/h1-29H. The average Bonchev–Trinajstić information content (AvgIpc) is 3.74. The van der Waals surface area contributed by atoms with Crippen molar-refractivity contribution in [2.24, 2.45) is 0 Å². The first kappa shape index (κ1) is 29.6. The third-order valence-corrected chi connectivity index (χ3v) is 9.95. The minimum atomic E-state index is 0.593. The highest BCUT2D eigenvalue weighted by Crippen LogP contribution is 2.42. The number of rotatable bonds is 5. The summed E-state index contributed by atoms with van der Waals surface area (Å²) < 4.78 is 4.78. The van der Waals surface area contributed by atoms with E-state index in [2.05, 4.69) is 130 Å². The fourth-order valence-electron chi connectivity index (χ4n) is 7.62. The van der Waals surface area contributed by atoms with Crippen LogP contribution in [0.5, 0.6) is 0 Å². The van der Waals surface area contributed by atoms with E-state index < -0.39 is 0 Å². The van der Waals surface area contributed by atoms with Gasteiger partial charge in [0, 0.05) is 49.6 Å². The average molecular weight is 664 g/mol. The number of hydrogen-bond acceptors (Lipinski definition) is 3. The number of fused-ring (bicyclic) bond motifs is 7. The van der Waals surface area contributed by atoms with Crippen LogP contribution in [0, 0.1) is 11.3 Å². The predicted molar refractivity (Wildman–Crippen MR) is 212 cm³/mol. The Morgan fingerprint density at radius 2 is 1.04 bits per heavy atom. The number of nitrogens with zero attached hydrogens (tertiary/aromatic N) is 5. The summed E-state index contributed by atoms with van der Waals surface area (Å²) in [6, 6.07) is 63.1. The van der Waals surface area contributed by atoms with Crippen LogP contribution in [-0.4, -0.2) is 19.1 Å². The molecule has 242 valence electrons. The second-order valence-electron chi connectivity index (χ2n) is 13.0. The smallest absolute Gasteiger partial charge is 0.160 e. The fourth-order valence-corrected chi connectivity index (χ4v) is 7.62. The highest BCUT2D eigenvalue weighted by atomic mass is 15.0. The molecule has 10 rings (SSSR count). The first-order valence-electron chi connectivity index (χ1n) is 17.3. The summed E-state index contributed by atoms with van der Waals surface area (Å²) in [6.45, 7) is 0. The van der Waals surface area contributed by atoms with Crippen molar-refractivity contribution in [2.45, 2.75) is 0 Å². The van der Waals surface area contributed by atoms with Crippen LogP contribution in [0.15, 0.2) is 176 Å². The third kappa shape index (κ3) is 4.70. The van der Waals surface area contributed by atoms with E-state index in [0.29, 0.717) is 11.4 Å². The molecule has 0 amide bonds. The molecule has 0 aliphatic carbocycles. The molecule has 0 saturated carbocycles. The van der Waals surface area contributed by atoms with Gasteiger partial charge in [-0.05, 0) is 60.7 Å². The zero-order chi connectivity index (χ0) is 34.6. The van der Waals surface area contributed by atoms with Crippen LogP contribution in [0.25, 0.3) is 88.9 Å². The molecule has 0 unspecified atom stereocenters. The predicted octanol–water partition coefficient (Wildman–Crippen LogP) is 11.5. The van der Waals surface area contributed by atoms with Crippen LogP contribution in [-0.2, 0) is 0 Å². The Kier molecular flexibility index (Phi) is 6.80. The zero-order valence-corrected chi connectivity index (χ0v) is 28.0. The molecule has 0 spiro atoms. The monoisotopic (exact) mass is 663 g/mol. The lowest BCUT2D eigenvalue weighted by Gasteiger charge is -2.12. The van der Waals surface area contributed by atoms with Crippen molar-refractivity contribution in [2.75, 3.05) is 0 Å². The second-order valence-corrected chi connectivity index (χ2v) is 13.0. The van der Waals surface area contributed by atoms with E-state index in [1.54, 1.807) is 0 Å². The lowest BCUT2D eigenvalue weighted by Crippen LogP contribution is -1.97. The van der Waals surface area contributed by atoms with E-state index >= 15 is 0 Å². The Morgan fingerprint density at radius 3 is 1.79 bits per heavy atom. The van der Waals surface area contributed by atoms with E-state index in [4.69, 9.17) is 9.97 Å². The van der Waals surface area contributed by atoms with E-state index in [9.17, 15) is 5.26 Å². The summed E-state index contributed by atoms with van der Waals surface area (Å²) in [5.74, 6) is 0.638. The van der Waals surface area contributed by atoms with Gasteiger partial charge in [-0.15, -0.1) is 0 Å². The summed E-state index contributed by atoms with van der Waals surface area (Å²) in [5, 5.41) is 14.5. The van der Waals surface area contributed by atoms with Crippen molar-refractivity contribution in [1.82, 2.24) is 19.1 Å². The molecule has 0 radical (unpaired) electrons. The van der Waals surface area contributed by atoms with E-state index in [1.807, 2.05) is 60.7 Å². The van der Waals surface area contributed by atoms with Crippen LogP contribution in [0.4, 0.5) is 0 Å². The number of para-hydroxylation sites is 3. The minimum absolute atomic E-state index is 0.593. The van der Waals surface area contributed by atoms with Crippen molar-refractivity contribution in [3.05, 3.63) is 181 Å². The molecule has 0 bridgehead atoms.